The van der Waals surface area contributed by atoms with Crippen LogP contribution in [0.4, 0.5) is 4.79 Å². The molecule has 4 nitrogen and oxygen atoms in total. The molecule has 2 aliphatic carbocycles. The highest BCUT2D eigenvalue weighted by Crippen LogP contribution is 2.29. The average molecular weight is 301 g/mol. The predicted octanol–water partition coefficient (Wildman–Crippen LogP) is 3.25. The van der Waals surface area contributed by atoms with Gasteiger partial charge in [-0.25, -0.2) is 4.79 Å². The van der Waals surface area contributed by atoms with Crippen molar-refractivity contribution in [3.8, 4) is 0 Å². The van der Waals surface area contributed by atoms with E-state index in [4.69, 9.17) is 4.74 Å². The van der Waals surface area contributed by atoms with Gasteiger partial charge in [-0.05, 0) is 50.0 Å². The standard InChI is InChI=1S/C18H23NO3/c20-17-11-10-16(17)19-18(21)22-15-8-6-14(7-9-15)12-13-4-2-1-3-5-13/h1-5,14-16H,6-12H2,(H,19,21)/t14?,15?,16-/m0/s1. The lowest BCUT2D eigenvalue weighted by Crippen LogP contribution is -2.48. The lowest BCUT2D eigenvalue weighted by molar-refractivity contribution is -0.126. The van der Waals surface area contributed by atoms with E-state index in [0.29, 0.717) is 12.3 Å². The minimum Gasteiger partial charge on any atom is -0.446 e. The summed E-state index contributed by atoms with van der Waals surface area (Å²) in [6, 6.07) is 10.2. The molecule has 22 heavy (non-hydrogen) atoms. The van der Waals surface area contributed by atoms with Gasteiger partial charge in [-0.15, -0.1) is 0 Å². The van der Waals surface area contributed by atoms with Crippen molar-refractivity contribution in [2.75, 3.05) is 0 Å². The zero-order chi connectivity index (χ0) is 15.4. The molecule has 0 saturated heterocycles. The van der Waals surface area contributed by atoms with Gasteiger partial charge in [0.2, 0.25) is 0 Å². The molecule has 4 heteroatoms. The van der Waals surface area contributed by atoms with E-state index in [1.165, 1.54) is 5.56 Å². The van der Waals surface area contributed by atoms with Crippen molar-refractivity contribution in [3.05, 3.63) is 35.9 Å². The number of benzene rings is 1. The summed E-state index contributed by atoms with van der Waals surface area (Å²) < 4.78 is 5.44. The van der Waals surface area contributed by atoms with Gasteiger partial charge in [0.25, 0.3) is 0 Å². The van der Waals surface area contributed by atoms with Crippen LogP contribution in [0.5, 0.6) is 0 Å². The summed E-state index contributed by atoms with van der Waals surface area (Å²) in [5.74, 6) is 0.794. The highest BCUT2D eigenvalue weighted by Gasteiger charge is 2.31. The molecule has 1 atom stereocenters. The van der Waals surface area contributed by atoms with Crippen molar-refractivity contribution in [1.82, 2.24) is 5.32 Å². The number of Topliss-reactive ketones (excluding diaryl/α,β-unsaturated/α-hetero) is 1. The van der Waals surface area contributed by atoms with Crippen LogP contribution in [0.2, 0.25) is 0 Å². The van der Waals surface area contributed by atoms with Gasteiger partial charge in [0.15, 0.2) is 5.78 Å². The Labute approximate surface area is 131 Å². The largest absolute Gasteiger partial charge is 0.446 e. The third kappa shape index (κ3) is 3.87. The number of ketones is 1. The summed E-state index contributed by atoms with van der Waals surface area (Å²) in [4.78, 5) is 23.0. The fraction of sp³-hybridized carbons (Fsp3) is 0.556. The zero-order valence-electron chi connectivity index (χ0n) is 12.8. The second-order valence-electron chi connectivity index (χ2n) is 6.44. The van der Waals surface area contributed by atoms with Gasteiger partial charge in [0.05, 0.1) is 6.04 Å². The number of nitrogens with one attached hydrogen (secondary N) is 1. The van der Waals surface area contributed by atoms with Crippen LogP contribution in [-0.2, 0) is 16.0 Å². The molecule has 0 bridgehead atoms. The normalized spacial score (nSPS) is 27.8. The Hall–Kier alpha value is -1.84. The molecule has 1 N–H and O–H groups in total. The first kappa shape index (κ1) is 15.1. The maximum absolute atomic E-state index is 11.7. The average Bonchev–Trinajstić information content (AvgIpc) is 2.54. The van der Waals surface area contributed by atoms with E-state index in [0.717, 1.165) is 38.5 Å². The Balaban J connectivity index is 1.38. The Kier molecular flexibility index (Phi) is 4.76. The molecule has 0 unspecified atom stereocenters. The van der Waals surface area contributed by atoms with Gasteiger partial charge in [0, 0.05) is 6.42 Å². The van der Waals surface area contributed by atoms with E-state index in [1.807, 2.05) is 6.07 Å². The van der Waals surface area contributed by atoms with Gasteiger partial charge >= 0.3 is 6.09 Å². The molecule has 0 spiro atoms. The summed E-state index contributed by atoms with van der Waals surface area (Å²) >= 11 is 0. The molecule has 2 aliphatic rings. The molecule has 118 valence electrons. The molecule has 2 fully saturated rings. The van der Waals surface area contributed by atoms with Crippen molar-refractivity contribution < 1.29 is 14.3 Å². The monoisotopic (exact) mass is 301 g/mol. The van der Waals surface area contributed by atoms with Gasteiger partial charge in [-0.2, -0.15) is 0 Å². The van der Waals surface area contributed by atoms with E-state index in [1.54, 1.807) is 0 Å². The van der Waals surface area contributed by atoms with E-state index in [-0.39, 0.29) is 17.9 Å². The van der Waals surface area contributed by atoms with Crippen molar-refractivity contribution in [2.45, 2.75) is 57.1 Å². The second kappa shape index (κ2) is 6.95. The molecule has 0 heterocycles. The Bertz CT molecular complexity index is 520. The van der Waals surface area contributed by atoms with Crippen LogP contribution in [0.15, 0.2) is 30.3 Å². The van der Waals surface area contributed by atoms with Crippen molar-refractivity contribution in [3.63, 3.8) is 0 Å². The first-order valence-corrected chi connectivity index (χ1v) is 8.24. The smallest absolute Gasteiger partial charge is 0.407 e. The number of ether oxygens (including phenoxy) is 1. The van der Waals surface area contributed by atoms with E-state index in [9.17, 15) is 9.59 Å². The Morgan fingerprint density at radius 1 is 1.09 bits per heavy atom. The van der Waals surface area contributed by atoms with Gasteiger partial charge in [0.1, 0.15) is 6.10 Å². The maximum atomic E-state index is 11.7. The predicted molar refractivity (Wildman–Crippen MR) is 83.5 cm³/mol. The number of carbonyl (C=O) groups is 2. The van der Waals surface area contributed by atoms with Crippen molar-refractivity contribution >= 4 is 11.9 Å². The number of alkyl carbamates (subject to hydrolysis) is 1. The van der Waals surface area contributed by atoms with E-state index >= 15 is 0 Å². The van der Waals surface area contributed by atoms with Gasteiger partial charge in [-0.3, -0.25) is 4.79 Å². The lowest BCUT2D eigenvalue weighted by atomic mass is 9.83. The minimum absolute atomic E-state index is 0.00204. The number of rotatable bonds is 4. The van der Waals surface area contributed by atoms with E-state index < -0.39 is 6.09 Å². The molecule has 0 aromatic heterocycles. The fourth-order valence-electron chi connectivity index (χ4n) is 3.29. The summed E-state index contributed by atoms with van der Waals surface area (Å²) in [5, 5.41) is 2.65. The number of hydrogen-bond acceptors (Lipinski definition) is 3. The van der Waals surface area contributed by atoms with Gasteiger partial charge < -0.3 is 10.1 Å². The molecule has 1 aromatic rings. The molecule has 1 amide bonds. The highest BCUT2D eigenvalue weighted by atomic mass is 16.6. The number of amides is 1. The zero-order valence-corrected chi connectivity index (χ0v) is 12.8. The highest BCUT2D eigenvalue weighted by molar-refractivity contribution is 5.92. The number of hydrogen-bond donors (Lipinski definition) is 1. The van der Waals surface area contributed by atoms with Crippen LogP contribution in [0.3, 0.4) is 0 Å². The van der Waals surface area contributed by atoms with Crippen LogP contribution < -0.4 is 5.32 Å². The molecular weight excluding hydrogens is 278 g/mol. The van der Waals surface area contributed by atoms with Crippen LogP contribution in [-0.4, -0.2) is 24.0 Å². The lowest BCUT2D eigenvalue weighted by Gasteiger charge is -2.30. The van der Waals surface area contributed by atoms with Crippen LogP contribution >= 0.6 is 0 Å². The third-order valence-corrected chi connectivity index (χ3v) is 4.79. The summed E-state index contributed by atoms with van der Waals surface area (Å²) in [6.45, 7) is 0. The molecule has 0 radical (unpaired) electrons. The first-order chi connectivity index (χ1) is 10.7. The third-order valence-electron chi connectivity index (χ3n) is 4.79. The minimum atomic E-state index is -0.426. The summed E-state index contributed by atoms with van der Waals surface area (Å²) in [5.41, 5.74) is 1.38. The topological polar surface area (TPSA) is 55.4 Å². The fourth-order valence-corrected chi connectivity index (χ4v) is 3.29. The maximum Gasteiger partial charge on any atom is 0.407 e. The molecular formula is C18H23NO3. The summed E-state index contributed by atoms with van der Waals surface area (Å²) in [6.07, 6.45) is 6.04. The quantitative estimate of drug-likeness (QED) is 0.929. The summed E-state index contributed by atoms with van der Waals surface area (Å²) in [7, 11) is 0. The Morgan fingerprint density at radius 3 is 2.41 bits per heavy atom. The second-order valence-corrected chi connectivity index (χ2v) is 6.44. The first-order valence-electron chi connectivity index (χ1n) is 8.24. The van der Waals surface area contributed by atoms with Gasteiger partial charge in [-0.1, -0.05) is 30.3 Å². The SMILES string of the molecule is O=C(N[C@H]1CCC1=O)OC1CCC(Cc2ccccc2)CC1. The molecule has 1 aromatic carbocycles. The molecule has 2 saturated carbocycles. The van der Waals surface area contributed by atoms with Crippen LogP contribution in [0.1, 0.15) is 44.1 Å². The Morgan fingerprint density at radius 2 is 1.82 bits per heavy atom. The van der Waals surface area contributed by atoms with Crippen LogP contribution in [0.25, 0.3) is 0 Å². The van der Waals surface area contributed by atoms with Crippen molar-refractivity contribution in [1.29, 1.82) is 0 Å². The number of carbonyl (C=O) groups excluding carboxylic acids is 2. The van der Waals surface area contributed by atoms with E-state index in [2.05, 4.69) is 29.6 Å². The van der Waals surface area contributed by atoms with Crippen molar-refractivity contribution in [2.24, 2.45) is 5.92 Å². The van der Waals surface area contributed by atoms with Crippen LogP contribution in [0, 0.1) is 5.92 Å². The molecule has 0 aliphatic heterocycles. The molecule has 3 rings (SSSR count).